The topological polar surface area (TPSA) is 181 Å². The zero-order chi connectivity index (χ0) is 25.8. The van der Waals surface area contributed by atoms with Crippen molar-refractivity contribution in [3.8, 4) is 11.1 Å². The number of aromatic amines is 1. The van der Waals surface area contributed by atoms with Gasteiger partial charge in [0.1, 0.15) is 18.3 Å². The maximum Gasteiger partial charge on any atom is 0.469 e. The van der Waals surface area contributed by atoms with E-state index < -0.39 is 55.8 Å². The van der Waals surface area contributed by atoms with Crippen LogP contribution in [0.5, 0.6) is 0 Å². The van der Waals surface area contributed by atoms with Crippen LogP contribution in [0.4, 0.5) is 0 Å². The lowest BCUT2D eigenvalue weighted by Crippen LogP contribution is -2.43. The smallest absolute Gasteiger partial charge is 0.387 e. The molecule has 1 fully saturated rings. The van der Waals surface area contributed by atoms with Crippen LogP contribution < -0.4 is 11.2 Å². The van der Waals surface area contributed by atoms with Crippen molar-refractivity contribution in [3.05, 3.63) is 92.3 Å². The molecule has 13 heteroatoms. The van der Waals surface area contributed by atoms with Crippen molar-refractivity contribution in [1.82, 2.24) is 9.55 Å². The fraction of sp³-hybridized carbons (Fsp3) is 0.304. The van der Waals surface area contributed by atoms with E-state index in [2.05, 4.69) is 9.51 Å². The summed E-state index contributed by atoms with van der Waals surface area (Å²) >= 11 is 0. The maximum absolute atomic E-state index is 13.2. The lowest BCUT2D eigenvalue weighted by molar-refractivity contribution is -0.0549. The summed E-state index contributed by atoms with van der Waals surface area (Å²) < 4.78 is 27.9. The van der Waals surface area contributed by atoms with Gasteiger partial charge >= 0.3 is 13.5 Å². The molecule has 0 spiro atoms. The Hall–Kier alpha value is -2.93. The van der Waals surface area contributed by atoms with Gasteiger partial charge in [-0.2, -0.15) is 0 Å². The molecule has 2 aromatic carbocycles. The number of hydrogen-bond acceptors (Lipinski definition) is 8. The highest BCUT2D eigenvalue weighted by molar-refractivity contribution is 7.46. The molecule has 5 N–H and O–H groups in total. The van der Waals surface area contributed by atoms with Crippen LogP contribution in [0.2, 0.25) is 0 Å². The Balaban J connectivity index is 1.64. The Labute approximate surface area is 203 Å². The first-order valence-electron chi connectivity index (χ1n) is 10.9. The molecule has 5 rings (SSSR count). The van der Waals surface area contributed by atoms with Crippen LogP contribution in [0.3, 0.4) is 0 Å². The van der Waals surface area contributed by atoms with Crippen molar-refractivity contribution in [2.45, 2.75) is 30.1 Å². The van der Waals surface area contributed by atoms with Gasteiger partial charge in [0, 0.05) is 24.4 Å². The van der Waals surface area contributed by atoms with Gasteiger partial charge < -0.3 is 29.5 Å². The van der Waals surface area contributed by atoms with Gasteiger partial charge in [0.15, 0.2) is 11.8 Å². The number of benzene rings is 2. The second-order valence-corrected chi connectivity index (χ2v) is 9.76. The summed E-state index contributed by atoms with van der Waals surface area (Å²) in [5.41, 5.74) is 0.00385. The van der Waals surface area contributed by atoms with E-state index in [-0.39, 0.29) is 5.56 Å². The van der Waals surface area contributed by atoms with Crippen molar-refractivity contribution in [2.24, 2.45) is 0 Å². The number of nitrogens with zero attached hydrogens (tertiary/aromatic N) is 1. The minimum absolute atomic E-state index is 0.0298. The number of ether oxygens (including phenoxy) is 2. The van der Waals surface area contributed by atoms with Gasteiger partial charge in [0.2, 0.25) is 0 Å². The van der Waals surface area contributed by atoms with Crippen LogP contribution in [0, 0.1) is 0 Å². The molecule has 1 aliphatic heterocycles. The van der Waals surface area contributed by atoms with Crippen molar-refractivity contribution in [1.29, 1.82) is 0 Å². The van der Waals surface area contributed by atoms with Crippen LogP contribution in [0.25, 0.3) is 11.1 Å². The summed E-state index contributed by atoms with van der Waals surface area (Å²) in [5.74, 6) is 0. The molecule has 2 aliphatic rings. The minimum atomic E-state index is -4.88. The number of aromatic nitrogens is 2. The van der Waals surface area contributed by atoms with Gasteiger partial charge in [-0.15, -0.1) is 0 Å². The molecular weight excluding hydrogens is 495 g/mol. The highest BCUT2D eigenvalue weighted by Crippen LogP contribution is 2.52. The molecule has 1 aromatic heterocycles. The van der Waals surface area contributed by atoms with Gasteiger partial charge in [0.05, 0.1) is 12.2 Å². The summed E-state index contributed by atoms with van der Waals surface area (Å²) in [7, 11) is -3.44. The zero-order valence-electron chi connectivity index (χ0n) is 18.8. The summed E-state index contributed by atoms with van der Waals surface area (Å²) in [4.78, 5) is 46.1. The molecule has 36 heavy (non-hydrogen) atoms. The molecule has 0 bridgehead atoms. The van der Waals surface area contributed by atoms with Gasteiger partial charge in [-0.05, 0) is 11.1 Å². The summed E-state index contributed by atoms with van der Waals surface area (Å²) in [6.45, 7) is -0.743. The molecule has 2 heterocycles. The standard InChI is InChI=1S/C23H23N2O10P/c1-33-23(14-8-4-2-6-12(14)13-7-3-5-9-15(13)23)16-10-25(22(29)24-20(16)28)21-19(27)18(26)17(35-21)11-34-36(30,31)32/h2-10,17-19,21,26-27H,11H2,1H3,(H,24,28,29)(H2,30,31,32)/t17-,18-,19-,21-/m1/s1. The summed E-state index contributed by atoms with van der Waals surface area (Å²) in [6.07, 6.45) is -4.95. The van der Waals surface area contributed by atoms with Crippen LogP contribution in [-0.2, 0) is 24.2 Å². The van der Waals surface area contributed by atoms with Crippen LogP contribution in [-0.4, -0.2) is 61.6 Å². The quantitative estimate of drug-likeness (QED) is 0.283. The van der Waals surface area contributed by atoms with Crippen molar-refractivity contribution in [2.75, 3.05) is 13.7 Å². The third-order valence-electron chi connectivity index (χ3n) is 6.57. The predicted molar refractivity (Wildman–Crippen MR) is 124 cm³/mol. The molecular formula is C23H23N2O10P. The average Bonchev–Trinajstić information content (AvgIpc) is 3.30. The van der Waals surface area contributed by atoms with Gasteiger partial charge in [0.25, 0.3) is 5.56 Å². The SMILES string of the molecule is COC1(c2cn([C@@H]3O[C@H](COP(=O)(O)O)[C@@H](O)[C@H]3O)c(=O)[nH]c2=O)c2ccccc2-c2ccccc21. The van der Waals surface area contributed by atoms with E-state index >= 15 is 0 Å². The summed E-state index contributed by atoms with van der Waals surface area (Å²) in [6, 6.07) is 14.7. The number of fused-ring (bicyclic) bond motifs is 3. The summed E-state index contributed by atoms with van der Waals surface area (Å²) in [5, 5.41) is 20.9. The lowest BCUT2D eigenvalue weighted by Gasteiger charge is -2.31. The molecule has 0 amide bonds. The molecule has 3 aromatic rings. The first kappa shape index (κ1) is 24.8. The van der Waals surface area contributed by atoms with Crippen LogP contribution in [0.1, 0.15) is 22.9 Å². The average molecular weight is 518 g/mol. The van der Waals surface area contributed by atoms with Crippen molar-refractivity contribution in [3.63, 3.8) is 0 Å². The Morgan fingerprint density at radius 1 is 1.00 bits per heavy atom. The largest absolute Gasteiger partial charge is 0.469 e. The predicted octanol–water partition coefficient (Wildman–Crippen LogP) is 0.184. The number of methoxy groups -OCH3 is 1. The van der Waals surface area contributed by atoms with Gasteiger partial charge in [-0.3, -0.25) is 18.9 Å². The molecule has 1 aliphatic carbocycles. The second kappa shape index (κ2) is 8.87. The van der Waals surface area contributed by atoms with E-state index in [1.54, 1.807) is 12.1 Å². The lowest BCUT2D eigenvalue weighted by atomic mass is 9.85. The van der Waals surface area contributed by atoms with Gasteiger partial charge in [-0.25, -0.2) is 9.36 Å². The number of H-pyrrole nitrogens is 1. The van der Waals surface area contributed by atoms with Crippen LogP contribution >= 0.6 is 7.82 Å². The van der Waals surface area contributed by atoms with Gasteiger partial charge in [-0.1, -0.05) is 48.5 Å². The third-order valence-corrected chi connectivity index (χ3v) is 7.06. The Kier molecular flexibility index (Phi) is 6.10. The molecule has 12 nitrogen and oxygen atoms in total. The monoisotopic (exact) mass is 518 g/mol. The first-order chi connectivity index (χ1) is 17.1. The van der Waals surface area contributed by atoms with E-state index in [0.29, 0.717) is 11.1 Å². The molecule has 4 atom stereocenters. The molecule has 0 saturated carbocycles. The Morgan fingerprint density at radius 3 is 2.14 bits per heavy atom. The number of aliphatic hydroxyl groups excluding tert-OH is 2. The maximum atomic E-state index is 13.2. The molecule has 190 valence electrons. The second-order valence-electron chi connectivity index (χ2n) is 8.52. The molecule has 0 unspecified atom stereocenters. The third kappa shape index (κ3) is 3.79. The Bertz CT molecular complexity index is 1430. The number of aliphatic hydroxyl groups is 2. The van der Waals surface area contributed by atoms with E-state index in [0.717, 1.165) is 15.7 Å². The van der Waals surface area contributed by atoms with Crippen molar-refractivity contribution >= 4 is 7.82 Å². The van der Waals surface area contributed by atoms with E-state index in [1.807, 2.05) is 36.4 Å². The Morgan fingerprint density at radius 2 is 1.58 bits per heavy atom. The number of phosphoric acid groups is 1. The highest BCUT2D eigenvalue weighted by Gasteiger charge is 2.49. The highest BCUT2D eigenvalue weighted by atomic mass is 31.2. The van der Waals surface area contributed by atoms with E-state index in [4.69, 9.17) is 19.3 Å². The number of nitrogens with one attached hydrogen (secondary N) is 1. The number of hydrogen-bond donors (Lipinski definition) is 5. The fourth-order valence-electron chi connectivity index (χ4n) is 5.01. The minimum Gasteiger partial charge on any atom is -0.387 e. The first-order valence-corrected chi connectivity index (χ1v) is 12.4. The van der Waals surface area contributed by atoms with Crippen molar-refractivity contribution < 1.29 is 38.6 Å². The normalized spacial score (nSPS) is 24.5. The number of rotatable bonds is 6. The molecule has 0 radical (unpaired) electrons. The van der Waals surface area contributed by atoms with Crippen LogP contribution in [0.15, 0.2) is 64.3 Å². The zero-order valence-corrected chi connectivity index (χ0v) is 19.7. The number of phosphoric ester groups is 1. The fourth-order valence-corrected chi connectivity index (χ4v) is 5.35. The van der Waals surface area contributed by atoms with E-state index in [9.17, 15) is 24.4 Å². The van der Waals surface area contributed by atoms with E-state index in [1.165, 1.54) is 13.3 Å². The molecule has 1 saturated heterocycles.